The van der Waals surface area contributed by atoms with Gasteiger partial charge in [-0.2, -0.15) is 0 Å². The number of nitrogens with one attached hydrogen (secondary N) is 1. The van der Waals surface area contributed by atoms with E-state index in [-0.39, 0.29) is 11.8 Å². The van der Waals surface area contributed by atoms with Gasteiger partial charge in [-0.25, -0.2) is 9.97 Å². The second-order valence-corrected chi connectivity index (χ2v) is 6.66. The summed E-state index contributed by atoms with van der Waals surface area (Å²) in [5, 5.41) is 3.10. The van der Waals surface area contributed by atoms with Gasteiger partial charge in [0.25, 0.3) is 0 Å². The highest BCUT2D eigenvalue weighted by Gasteiger charge is 2.26. The molecule has 5 heteroatoms. The predicted octanol–water partition coefficient (Wildman–Crippen LogP) is 2.75. The molecule has 5 nitrogen and oxygen atoms in total. The van der Waals surface area contributed by atoms with Crippen molar-refractivity contribution >= 4 is 11.9 Å². The number of amides is 1. The number of aromatic nitrogens is 2. The number of hydrogen-bond donors (Lipinski definition) is 1. The van der Waals surface area contributed by atoms with Crippen LogP contribution in [-0.4, -0.2) is 35.5 Å². The Kier molecular flexibility index (Phi) is 5.99. The summed E-state index contributed by atoms with van der Waals surface area (Å²) in [7, 11) is 0. The van der Waals surface area contributed by atoms with Gasteiger partial charge in [-0.15, -0.1) is 0 Å². The van der Waals surface area contributed by atoms with E-state index in [2.05, 4.69) is 44.5 Å². The maximum absolute atomic E-state index is 12.5. The highest BCUT2D eigenvalue weighted by molar-refractivity contribution is 5.79. The van der Waals surface area contributed by atoms with Gasteiger partial charge in [-0.05, 0) is 44.2 Å². The van der Waals surface area contributed by atoms with Crippen LogP contribution in [0.5, 0.6) is 0 Å². The van der Waals surface area contributed by atoms with E-state index in [0.717, 1.165) is 50.4 Å². The van der Waals surface area contributed by atoms with Crippen LogP contribution >= 0.6 is 0 Å². The van der Waals surface area contributed by atoms with Crippen LogP contribution in [0.1, 0.15) is 30.5 Å². The summed E-state index contributed by atoms with van der Waals surface area (Å²) >= 11 is 0. The second-order valence-electron chi connectivity index (χ2n) is 6.66. The van der Waals surface area contributed by atoms with Gasteiger partial charge in [-0.1, -0.05) is 30.3 Å². The normalized spacial score (nSPS) is 17.3. The first kappa shape index (κ1) is 17.4. The first-order valence-corrected chi connectivity index (χ1v) is 9.08. The molecular weight excluding hydrogens is 312 g/mol. The molecule has 1 N–H and O–H groups in total. The Balaban J connectivity index is 1.45. The van der Waals surface area contributed by atoms with Gasteiger partial charge in [0.15, 0.2) is 0 Å². The molecule has 1 aliphatic rings. The number of rotatable bonds is 6. The van der Waals surface area contributed by atoms with Crippen molar-refractivity contribution in [1.29, 1.82) is 0 Å². The van der Waals surface area contributed by atoms with Crippen molar-refractivity contribution in [3.63, 3.8) is 0 Å². The maximum atomic E-state index is 12.5. The molecule has 1 saturated heterocycles. The molecular formula is C20H26N4O. The Morgan fingerprint density at radius 1 is 1.28 bits per heavy atom. The average molecular weight is 338 g/mol. The van der Waals surface area contributed by atoms with Gasteiger partial charge in [0.05, 0.1) is 5.92 Å². The fourth-order valence-electron chi connectivity index (χ4n) is 3.25. The third-order valence-electron chi connectivity index (χ3n) is 4.64. The Hall–Kier alpha value is -2.43. The van der Waals surface area contributed by atoms with E-state index in [1.165, 1.54) is 5.56 Å². The summed E-state index contributed by atoms with van der Waals surface area (Å²) in [6.45, 7) is 4.31. The number of anilines is 1. The predicted molar refractivity (Wildman–Crippen MR) is 99.5 cm³/mol. The lowest BCUT2D eigenvalue weighted by Gasteiger charge is -2.32. The van der Waals surface area contributed by atoms with Crippen molar-refractivity contribution in [2.45, 2.75) is 32.6 Å². The van der Waals surface area contributed by atoms with Gasteiger partial charge in [-0.3, -0.25) is 4.79 Å². The van der Waals surface area contributed by atoms with Gasteiger partial charge in [0.1, 0.15) is 0 Å². The van der Waals surface area contributed by atoms with Crippen molar-refractivity contribution in [2.75, 3.05) is 24.5 Å². The summed E-state index contributed by atoms with van der Waals surface area (Å²) in [5.74, 6) is 0.918. The lowest BCUT2D eigenvalue weighted by molar-refractivity contribution is -0.125. The molecule has 1 unspecified atom stereocenters. The van der Waals surface area contributed by atoms with Gasteiger partial charge in [0.2, 0.25) is 11.9 Å². The van der Waals surface area contributed by atoms with E-state index >= 15 is 0 Å². The monoisotopic (exact) mass is 338 g/mol. The molecule has 1 atom stereocenters. The van der Waals surface area contributed by atoms with E-state index in [4.69, 9.17) is 0 Å². The molecule has 0 radical (unpaired) electrons. The zero-order valence-electron chi connectivity index (χ0n) is 14.8. The van der Waals surface area contributed by atoms with E-state index in [1.807, 2.05) is 19.1 Å². The molecule has 0 aliphatic carbocycles. The molecule has 0 bridgehead atoms. The molecule has 2 aromatic rings. The lowest BCUT2D eigenvalue weighted by atomic mass is 9.97. The summed E-state index contributed by atoms with van der Waals surface area (Å²) < 4.78 is 0. The molecule has 1 amide bonds. The van der Waals surface area contributed by atoms with Crippen LogP contribution in [0.2, 0.25) is 0 Å². The largest absolute Gasteiger partial charge is 0.356 e. The zero-order valence-corrected chi connectivity index (χ0v) is 14.8. The van der Waals surface area contributed by atoms with E-state index in [1.54, 1.807) is 6.20 Å². The number of nitrogens with zero attached hydrogens (tertiary/aromatic N) is 3. The topological polar surface area (TPSA) is 58.1 Å². The fourth-order valence-corrected chi connectivity index (χ4v) is 3.25. The number of aryl methyl sites for hydroxylation is 2. The van der Waals surface area contributed by atoms with Crippen molar-refractivity contribution in [1.82, 2.24) is 15.3 Å². The summed E-state index contributed by atoms with van der Waals surface area (Å²) in [5.41, 5.74) is 2.27. The molecule has 25 heavy (non-hydrogen) atoms. The second kappa shape index (κ2) is 8.60. The molecule has 2 heterocycles. The van der Waals surface area contributed by atoms with Gasteiger partial charge in [0, 0.05) is 31.5 Å². The minimum absolute atomic E-state index is 0.0228. The quantitative estimate of drug-likeness (QED) is 0.823. The van der Waals surface area contributed by atoms with Crippen LogP contribution in [0.4, 0.5) is 5.95 Å². The van der Waals surface area contributed by atoms with Crippen LogP contribution in [0.15, 0.2) is 42.6 Å². The number of hydrogen-bond acceptors (Lipinski definition) is 4. The van der Waals surface area contributed by atoms with Crippen molar-refractivity contribution < 1.29 is 4.79 Å². The van der Waals surface area contributed by atoms with Crippen molar-refractivity contribution in [2.24, 2.45) is 5.92 Å². The van der Waals surface area contributed by atoms with Crippen LogP contribution < -0.4 is 10.2 Å². The summed E-state index contributed by atoms with van der Waals surface area (Å²) in [6, 6.07) is 12.3. The van der Waals surface area contributed by atoms with E-state index < -0.39 is 0 Å². The zero-order chi connectivity index (χ0) is 17.5. The Morgan fingerprint density at radius 2 is 2.12 bits per heavy atom. The molecule has 3 rings (SSSR count). The minimum Gasteiger partial charge on any atom is -0.356 e. The first-order chi connectivity index (χ1) is 12.2. The third-order valence-corrected chi connectivity index (χ3v) is 4.64. The smallest absolute Gasteiger partial charge is 0.225 e. The van der Waals surface area contributed by atoms with Crippen molar-refractivity contribution in [3.8, 4) is 0 Å². The molecule has 1 aromatic heterocycles. The number of piperidine rings is 1. The highest BCUT2D eigenvalue weighted by atomic mass is 16.1. The Bertz CT molecular complexity index is 689. The highest BCUT2D eigenvalue weighted by Crippen LogP contribution is 2.20. The third kappa shape index (κ3) is 5.02. The van der Waals surface area contributed by atoms with E-state index in [9.17, 15) is 4.79 Å². The van der Waals surface area contributed by atoms with Gasteiger partial charge >= 0.3 is 0 Å². The first-order valence-electron chi connectivity index (χ1n) is 9.08. The van der Waals surface area contributed by atoms with Crippen LogP contribution in [0.3, 0.4) is 0 Å². The lowest BCUT2D eigenvalue weighted by Crippen LogP contribution is -2.44. The summed E-state index contributed by atoms with van der Waals surface area (Å²) in [4.78, 5) is 23.4. The van der Waals surface area contributed by atoms with E-state index in [0.29, 0.717) is 6.54 Å². The average Bonchev–Trinajstić information content (AvgIpc) is 2.66. The number of carbonyl (C=O) groups is 1. The molecule has 0 spiro atoms. The molecule has 132 valence electrons. The maximum Gasteiger partial charge on any atom is 0.225 e. The fraction of sp³-hybridized carbons (Fsp3) is 0.450. The SMILES string of the molecule is Cc1ccnc(N2CCCC(C(=O)NCCCc3ccccc3)C2)n1. The molecule has 1 aromatic carbocycles. The molecule has 0 saturated carbocycles. The molecule has 1 fully saturated rings. The Morgan fingerprint density at radius 3 is 2.92 bits per heavy atom. The molecule has 1 aliphatic heterocycles. The van der Waals surface area contributed by atoms with Gasteiger partial charge < -0.3 is 10.2 Å². The van der Waals surface area contributed by atoms with Crippen molar-refractivity contribution in [3.05, 3.63) is 53.9 Å². The number of carbonyl (C=O) groups excluding carboxylic acids is 1. The Labute approximate surface area is 149 Å². The standard InChI is InChI=1S/C20H26N4O/c1-16-11-13-22-20(23-16)24-14-6-10-18(15-24)19(25)21-12-5-9-17-7-3-2-4-8-17/h2-4,7-8,11,13,18H,5-6,9-10,12,14-15H2,1H3,(H,21,25). The van der Waals surface area contributed by atoms with Crippen LogP contribution in [-0.2, 0) is 11.2 Å². The summed E-state index contributed by atoms with van der Waals surface area (Å²) in [6.07, 6.45) is 5.68. The minimum atomic E-state index is 0.0228. The van der Waals surface area contributed by atoms with Crippen LogP contribution in [0.25, 0.3) is 0 Å². The number of benzene rings is 1. The van der Waals surface area contributed by atoms with Crippen LogP contribution in [0, 0.1) is 12.8 Å².